The third-order valence-electron chi connectivity index (χ3n) is 9.91. The lowest BCUT2D eigenvalue weighted by molar-refractivity contribution is -0.887. The van der Waals surface area contributed by atoms with Gasteiger partial charge < -0.3 is 23.8 Å². The highest BCUT2D eigenvalue weighted by atomic mass is 16.6. The standard InChI is InChI=1S/C44H83NO7/c1-6-8-10-12-14-16-18-20-21-23-25-27-29-31-33-35-43(47)52-40(38-50-37-36-41(44(48)49)45(3,4)5)39-51-42(46)34-32-30-28-26-24-22-19-17-15-13-11-9-7-2/h16,18,40-41H,6-15,17,19-39H2,1-5H3/p+1/b18-16+. The van der Waals surface area contributed by atoms with E-state index in [0.29, 0.717) is 19.3 Å². The molecule has 0 aliphatic heterocycles. The molecule has 2 unspecified atom stereocenters. The molecule has 0 fully saturated rings. The zero-order valence-corrected chi connectivity index (χ0v) is 34.8. The molecule has 0 amide bonds. The van der Waals surface area contributed by atoms with Gasteiger partial charge in [-0.25, -0.2) is 4.79 Å². The van der Waals surface area contributed by atoms with Gasteiger partial charge in [0.15, 0.2) is 12.1 Å². The second-order valence-electron chi connectivity index (χ2n) is 16.0. The van der Waals surface area contributed by atoms with Gasteiger partial charge >= 0.3 is 17.9 Å². The van der Waals surface area contributed by atoms with Gasteiger partial charge in [-0.15, -0.1) is 0 Å². The highest BCUT2D eigenvalue weighted by Gasteiger charge is 2.31. The molecule has 0 saturated heterocycles. The molecule has 0 heterocycles. The summed E-state index contributed by atoms with van der Waals surface area (Å²) in [6, 6.07) is -0.610. The van der Waals surface area contributed by atoms with Gasteiger partial charge in [0, 0.05) is 19.3 Å². The lowest BCUT2D eigenvalue weighted by Gasteiger charge is -2.31. The highest BCUT2D eigenvalue weighted by molar-refractivity contribution is 5.72. The van der Waals surface area contributed by atoms with Gasteiger partial charge in [-0.3, -0.25) is 9.59 Å². The predicted molar refractivity (Wildman–Crippen MR) is 215 cm³/mol. The SMILES string of the molecule is CCCCCC/C=C/CCCCCCCCCC(=O)OC(COCCC(C(=O)O)[N+](C)(C)C)COC(=O)CCCCCCCCCCCCCCC. The van der Waals surface area contributed by atoms with Crippen LogP contribution in [0.1, 0.15) is 200 Å². The average molecular weight is 739 g/mol. The van der Waals surface area contributed by atoms with Crippen LogP contribution in [0.5, 0.6) is 0 Å². The van der Waals surface area contributed by atoms with Crippen molar-refractivity contribution in [1.29, 1.82) is 0 Å². The van der Waals surface area contributed by atoms with Crippen molar-refractivity contribution in [2.75, 3.05) is 41.0 Å². The summed E-state index contributed by atoms with van der Waals surface area (Å²) < 4.78 is 17.3. The molecule has 0 bridgehead atoms. The van der Waals surface area contributed by atoms with Crippen LogP contribution in [0.4, 0.5) is 0 Å². The van der Waals surface area contributed by atoms with Crippen molar-refractivity contribution in [1.82, 2.24) is 0 Å². The van der Waals surface area contributed by atoms with Gasteiger partial charge in [0.2, 0.25) is 0 Å². The molecule has 306 valence electrons. The molecule has 8 nitrogen and oxygen atoms in total. The summed E-state index contributed by atoms with van der Waals surface area (Å²) >= 11 is 0. The third kappa shape index (κ3) is 33.9. The number of nitrogens with zero attached hydrogens (tertiary/aromatic N) is 1. The van der Waals surface area contributed by atoms with Crippen LogP contribution < -0.4 is 0 Å². The first-order chi connectivity index (χ1) is 25.1. The molecule has 1 N–H and O–H groups in total. The Balaban J connectivity index is 4.34. The summed E-state index contributed by atoms with van der Waals surface area (Å²) in [6.07, 6.45) is 36.7. The van der Waals surface area contributed by atoms with E-state index in [9.17, 15) is 19.5 Å². The smallest absolute Gasteiger partial charge is 0.362 e. The Bertz CT molecular complexity index is 869. The minimum atomic E-state index is -0.873. The van der Waals surface area contributed by atoms with Gasteiger partial charge in [0.1, 0.15) is 6.61 Å². The van der Waals surface area contributed by atoms with E-state index < -0.39 is 18.1 Å². The van der Waals surface area contributed by atoms with Crippen LogP contribution in [0.3, 0.4) is 0 Å². The number of carboxylic acid groups (broad SMARTS) is 1. The van der Waals surface area contributed by atoms with Gasteiger partial charge in [0.05, 0.1) is 34.4 Å². The largest absolute Gasteiger partial charge is 0.477 e. The molecule has 2 atom stereocenters. The maximum Gasteiger partial charge on any atom is 0.362 e. The number of hydrogen-bond donors (Lipinski definition) is 1. The Morgan fingerprint density at radius 2 is 0.962 bits per heavy atom. The van der Waals surface area contributed by atoms with E-state index in [2.05, 4.69) is 26.0 Å². The van der Waals surface area contributed by atoms with Gasteiger partial charge in [0.25, 0.3) is 0 Å². The summed E-state index contributed by atoms with van der Waals surface area (Å²) in [6.45, 7) is 4.73. The first-order valence-corrected chi connectivity index (χ1v) is 21.7. The molecule has 0 radical (unpaired) electrons. The van der Waals surface area contributed by atoms with E-state index in [1.165, 1.54) is 128 Å². The maximum absolute atomic E-state index is 12.7. The van der Waals surface area contributed by atoms with Crippen molar-refractivity contribution in [3.05, 3.63) is 12.2 Å². The van der Waals surface area contributed by atoms with Gasteiger partial charge in [-0.1, -0.05) is 154 Å². The molecule has 0 aliphatic carbocycles. The number of allylic oxidation sites excluding steroid dienone is 2. The summed E-state index contributed by atoms with van der Waals surface area (Å²) in [7, 11) is 5.53. The lowest BCUT2D eigenvalue weighted by Crippen LogP contribution is -2.50. The summed E-state index contributed by atoms with van der Waals surface area (Å²) in [5.41, 5.74) is 0. The number of quaternary nitrogens is 1. The molecule has 0 aliphatic rings. The van der Waals surface area contributed by atoms with E-state index in [0.717, 1.165) is 38.5 Å². The first-order valence-electron chi connectivity index (χ1n) is 21.7. The molecule has 0 aromatic heterocycles. The molecule has 0 spiro atoms. The van der Waals surface area contributed by atoms with E-state index in [1.807, 2.05) is 21.1 Å². The number of rotatable bonds is 39. The number of carbonyl (C=O) groups excluding carboxylic acids is 2. The molecule has 0 aromatic rings. The molecule has 0 aromatic carbocycles. The number of likely N-dealkylation sites (N-methyl/N-ethyl adjacent to an activating group) is 1. The zero-order valence-electron chi connectivity index (χ0n) is 34.8. The highest BCUT2D eigenvalue weighted by Crippen LogP contribution is 2.15. The van der Waals surface area contributed by atoms with Crippen LogP contribution in [-0.2, 0) is 28.6 Å². The number of carbonyl (C=O) groups is 3. The molecule has 0 saturated carbocycles. The summed E-state index contributed by atoms with van der Waals surface area (Å²) in [5.74, 6) is -1.46. The molecule has 52 heavy (non-hydrogen) atoms. The fourth-order valence-corrected chi connectivity index (χ4v) is 6.50. The number of aliphatic carboxylic acids is 1. The maximum atomic E-state index is 12.7. The van der Waals surface area contributed by atoms with Gasteiger partial charge in [-0.05, 0) is 38.5 Å². The fraction of sp³-hybridized carbons (Fsp3) is 0.886. The van der Waals surface area contributed by atoms with Crippen LogP contribution in [0.15, 0.2) is 12.2 Å². The number of esters is 2. The second kappa shape index (κ2) is 36.1. The predicted octanol–water partition coefficient (Wildman–Crippen LogP) is 11.5. The Kier molecular flexibility index (Phi) is 34.7. The van der Waals surface area contributed by atoms with Crippen molar-refractivity contribution in [3.63, 3.8) is 0 Å². The Morgan fingerprint density at radius 1 is 0.558 bits per heavy atom. The van der Waals surface area contributed by atoms with E-state index in [-0.39, 0.29) is 36.2 Å². The fourth-order valence-electron chi connectivity index (χ4n) is 6.50. The van der Waals surface area contributed by atoms with Crippen molar-refractivity contribution >= 4 is 17.9 Å². The monoisotopic (exact) mass is 739 g/mol. The zero-order chi connectivity index (χ0) is 38.5. The number of hydrogen-bond acceptors (Lipinski definition) is 6. The molecule has 0 rings (SSSR count). The number of ether oxygens (including phenoxy) is 3. The molecule has 8 heteroatoms. The summed E-state index contributed by atoms with van der Waals surface area (Å²) in [4.78, 5) is 36.9. The number of carboxylic acids is 1. The van der Waals surface area contributed by atoms with Crippen LogP contribution >= 0.6 is 0 Å². The van der Waals surface area contributed by atoms with Crippen LogP contribution in [0.2, 0.25) is 0 Å². The lowest BCUT2D eigenvalue weighted by atomic mass is 10.0. The quantitative estimate of drug-likeness (QED) is 0.0290. The van der Waals surface area contributed by atoms with Crippen molar-refractivity contribution in [2.24, 2.45) is 0 Å². The Labute approximate surface area is 320 Å². The molecular formula is C44H84NO7+. The van der Waals surface area contributed by atoms with Crippen LogP contribution in [0, 0.1) is 0 Å². The normalized spacial score (nSPS) is 13.0. The minimum absolute atomic E-state index is 0.0469. The molecular weight excluding hydrogens is 654 g/mol. The topological polar surface area (TPSA) is 99.1 Å². The van der Waals surface area contributed by atoms with Crippen molar-refractivity contribution in [2.45, 2.75) is 212 Å². The minimum Gasteiger partial charge on any atom is -0.477 e. The Morgan fingerprint density at radius 3 is 1.40 bits per heavy atom. The number of unbranched alkanes of at least 4 members (excludes halogenated alkanes) is 23. The Hall–Kier alpha value is -1.93. The first kappa shape index (κ1) is 50.1. The summed E-state index contributed by atoms with van der Waals surface area (Å²) in [5, 5.41) is 9.60. The van der Waals surface area contributed by atoms with Crippen LogP contribution in [0.25, 0.3) is 0 Å². The van der Waals surface area contributed by atoms with E-state index in [1.54, 1.807) is 0 Å². The average Bonchev–Trinajstić information content (AvgIpc) is 3.09. The van der Waals surface area contributed by atoms with E-state index >= 15 is 0 Å². The van der Waals surface area contributed by atoms with Crippen molar-refractivity contribution < 1.29 is 38.2 Å². The second-order valence-corrected chi connectivity index (χ2v) is 16.0. The third-order valence-corrected chi connectivity index (χ3v) is 9.91. The van der Waals surface area contributed by atoms with E-state index in [4.69, 9.17) is 14.2 Å². The van der Waals surface area contributed by atoms with Crippen molar-refractivity contribution in [3.8, 4) is 0 Å². The van der Waals surface area contributed by atoms with Crippen LogP contribution in [-0.4, -0.2) is 80.6 Å². The van der Waals surface area contributed by atoms with Gasteiger partial charge in [-0.2, -0.15) is 0 Å².